The molecule has 7 nitrogen and oxygen atoms in total. The van der Waals surface area contributed by atoms with Gasteiger partial charge in [0.15, 0.2) is 7.14 Å². The van der Waals surface area contributed by atoms with E-state index in [0.29, 0.717) is 24.3 Å². The maximum atomic E-state index is 14.2. The quantitative estimate of drug-likeness (QED) is 0.428. The smallest absolute Gasteiger partial charge is 0.297 e. The number of benzene rings is 3. The summed E-state index contributed by atoms with van der Waals surface area (Å²) in [6, 6.07) is 12.1. The Morgan fingerprint density at radius 3 is 1.40 bits per heavy atom. The van der Waals surface area contributed by atoms with Gasteiger partial charge in [0.1, 0.15) is 21.4 Å². The van der Waals surface area contributed by atoms with E-state index >= 15 is 0 Å². The summed E-state index contributed by atoms with van der Waals surface area (Å²) in [5, 5.41) is -0.447. The molecule has 0 bridgehead atoms. The van der Waals surface area contributed by atoms with Crippen LogP contribution in [0.15, 0.2) is 76.5 Å². The van der Waals surface area contributed by atoms with Crippen molar-refractivity contribution in [2.75, 3.05) is 0 Å². The Kier molecular flexibility index (Phi) is 5.70. The van der Waals surface area contributed by atoms with Crippen molar-refractivity contribution in [3.05, 3.63) is 78.4 Å². The fourth-order valence-corrected chi connectivity index (χ4v) is 6.89. The van der Waals surface area contributed by atoms with Crippen LogP contribution >= 0.6 is 7.14 Å². The van der Waals surface area contributed by atoms with Gasteiger partial charge in [0, 0.05) is 15.9 Å². The SMILES string of the molecule is O=P(c1ccccc1)(c1ccc(F)c(S(=O)(=O)O)c1)c1ccc(F)c(S(=O)(=O)O)c1. The van der Waals surface area contributed by atoms with Crippen LogP contribution in [-0.4, -0.2) is 25.9 Å². The molecule has 0 spiro atoms. The van der Waals surface area contributed by atoms with Crippen LogP contribution in [0.25, 0.3) is 0 Å². The molecule has 158 valence electrons. The molecule has 0 aliphatic heterocycles. The van der Waals surface area contributed by atoms with Crippen LogP contribution in [-0.2, 0) is 24.8 Å². The first kappa shape index (κ1) is 22.3. The van der Waals surface area contributed by atoms with Crippen LogP contribution in [0.5, 0.6) is 0 Å². The molecule has 0 fully saturated rings. The maximum Gasteiger partial charge on any atom is 0.297 e. The van der Waals surface area contributed by atoms with Gasteiger partial charge >= 0.3 is 0 Å². The molecule has 12 heteroatoms. The van der Waals surface area contributed by atoms with Crippen molar-refractivity contribution in [1.82, 2.24) is 0 Å². The van der Waals surface area contributed by atoms with E-state index in [1.54, 1.807) is 6.07 Å². The van der Waals surface area contributed by atoms with Crippen molar-refractivity contribution in [1.29, 1.82) is 0 Å². The molecule has 0 amide bonds. The Balaban J connectivity index is 2.41. The molecule has 0 unspecified atom stereocenters. The molecule has 0 heterocycles. The normalized spacial score (nSPS) is 12.7. The minimum atomic E-state index is -5.01. The summed E-state index contributed by atoms with van der Waals surface area (Å²) in [5.41, 5.74) is 0. The van der Waals surface area contributed by atoms with Gasteiger partial charge in [0.25, 0.3) is 20.2 Å². The third-order valence-corrected chi connectivity index (χ3v) is 9.01. The van der Waals surface area contributed by atoms with E-state index in [2.05, 4.69) is 0 Å². The van der Waals surface area contributed by atoms with Crippen LogP contribution in [0.1, 0.15) is 0 Å². The molecule has 0 atom stereocenters. The average Bonchev–Trinajstić information content (AvgIpc) is 2.67. The standard InChI is InChI=1S/C18H13F2O7PS2/c19-15-8-6-13(10-17(15)29(22,23)24)28(21,12-4-2-1-3-5-12)14-7-9-16(20)18(11-14)30(25,26)27/h1-11H,(H,22,23,24)(H,25,26,27). The molecule has 0 aromatic heterocycles. The highest BCUT2D eigenvalue weighted by atomic mass is 32.2. The first-order valence-corrected chi connectivity index (χ1v) is 12.6. The molecule has 0 radical (unpaired) electrons. The topological polar surface area (TPSA) is 126 Å². The zero-order valence-electron chi connectivity index (χ0n) is 14.8. The fraction of sp³-hybridized carbons (Fsp3) is 0. The van der Waals surface area contributed by atoms with Gasteiger partial charge in [-0.05, 0) is 36.4 Å². The second-order valence-electron chi connectivity index (χ2n) is 6.12. The summed E-state index contributed by atoms with van der Waals surface area (Å²) in [5.74, 6) is -2.59. The molecule has 30 heavy (non-hydrogen) atoms. The highest BCUT2D eigenvalue weighted by molar-refractivity contribution is 7.87. The van der Waals surface area contributed by atoms with Gasteiger partial charge in [-0.1, -0.05) is 30.3 Å². The van der Waals surface area contributed by atoms with E-state index in [1.807, 2.05) is 0 Å². The molecule has 0 saturated carbocycles. The van der Waals surface area contributed by atoms with Crippen LogP contribution < -0.4 is 15.9 Å². The number of halogens is 2. The van der Waals surface area contributed by atoms with Crippen molar-refractivity contribution in [3.8, 4) is 0 Å². The maximum absolute atomic E-state index is 14.2. The monoisotopic (exact) mass is 474 g/mol. The summed E-state index contributed by atoms with van der Waals surface area (Å²) in [4.78, 5) is -2.26. The van der Waals surface area contributed by atoms with Gasteiger partial charge in [-0.2, -0.15) is 16.8 Å². The lowest BCUT2D eigenvalue weighted by Gasteiger charge is -2.21. The third-order valence-electron chi connectivity index (χ3n) is 4.23. The number of hydrogen-bond acceptors (Lipinski definition) is 5. The van der Waals surface area contributed by atoms with Crippen molar-refractivity contribution in [2.45, 2.75) is 9.79 Å². The average molecular weight is 474 g/mol. The van der Waals surface area contributed by atoms with Crippen molar-refractivity contribution >= 4 is 43.3 Å². The predicted octanol–water partition coefficient (Wildman–Crippen LogP) is 2.10. The minimum Gasteiger partial charge on any atom is -0.309 e. The molecule has 3 aromatic rings. The highest BCUT2D eigenvalue weighted by Gasteiger charge is 2.33. The lowest BCUT2D eigenvalue weighted by molar-refractivity contribution is 0.471. The molecule has 3 rings (SSSR count). The fourth-order valence-electron chi connectivity index (χ4n) is 2.86. The summed E-state index contributed by atoms with van der Waals surface area (Å²) in [6.07, 6.45) is 0. The summed E-state index contributed by atoms with van der Waals surface area (Å²) < 4.78 is 107. The van der Waals surface area contributed by atoms with Gasteiger partial charge in [0.05, 0.1) is 0 Å². The Morgan fingerprint density at radius 1 is 0.633 bits per heavy atom. The second kappa shape index (κ2) is 7.68. The van der Waals surface area contributed by atoms with Crippen LogP contribution in [0.3, 0.4) is 0 Å². The molecular formula is C18H13F2O7PS2. The van der Waals surface area contributed by atoms with Crippen LogP contribution in [0, 0.1) is 11.6 Å². The highest BCUT2D eigenvalue weighted by Crippen LogP contribution is 2.43. The second-order valence-corrected chi connectivity index (χ2v) is 11.7. The summed E-state index contributed by atoms with van der Waals surface area (Å²) in [6.45, 7) is 0. The van der Waals surface area contributed by atoms with E-state index in [4.69, 9.17) is 0 Å². The molecule has 3 aromatic carbocycles. The summed E-state index contributed by atoms with van der Waals surface area (Å²) >= 11 is 0. The zero-order chi connectivity index (χ0) is 22.3. The third kappa shape index (κ3) is 4.07. The predicted molar refractivity (Wildman–Crippen MR) is 105 cm³/mol. The molecule has 2 N–H and O–H groups in total. The van der Waals surface area contributed by atoms with E-state index in [9.17, 15) is 39.3 Å². The van der Waals surface area contributed by atoms with Gasteiger partial charge in [-0.3, -0.25) is 9.11 Å². The van der Waals surface area contributed by atoms with E-state index < -0.39 is 48.8 Å². The largest absolute Gasteiger partial charge is 0.309 e. The van der Waals surface area contributed by atoms with Gasteiger partial charge in [0.2, 0.25) is 0 Å². The lowest BCUT2D eigenvalue weighted by Crippen LogP contribution is -2.26. The number of hydrogen-bond donors (Lipinski definition) is 2. The Hall–Kier alpha value is -2.43. The lowest BCUT2D eigenvalue weighted by atomic mass is 10.3. The van der Waals surface area contributed by atoms with Crippen molar-refractivity contribution in [2.24, 2.45) is 0 Å². The summed E-state index contributed by atoms with van der Waals surface area (Å²) in [7, 11) is -14.1. The first-order valence-electron chi connectivity index (χ1n) is 8.06. The molecule has 0 saturated heterocycles. The van der Waals surface area contributed by atoms with Crippen molar-refractivity contribution in [3.63, 3.8) is 0 Å². The molecule has 0 aliphatic rings. The zero-order valence-corrected chi connectivity index (χ0v) is 17.3. The van der Waals surface area contributed by atoms with Crippen molar-refractivity contribution < 1.29 is 39.3 Å². The molecule has 0 aliphatic carbocycles. The van der Waals surface area contributed by atoms with E-state index in [0.717, 1.165) is 12.1 Å². The minimum absolute atomic E-state index is 0.0887. The Morgan fingerprint density at radius 2 is 1.03 bits per heavy atom. The van der Waals surface area contributed by atoms with E-state index in [-0.39, 0.29) is 15.9 Å². The Bertz CT molecular complexity index is 1300. The molecular weight excluding hydrogens is 461 g/mol. The van der Waals surface area contributed by atoms with Gasteiger partial charge in [-0.25, -0.2) is 8.78 Å². The van der Waals surface area contributed by atoms with Gasteiger partial charge in [-0.15, -0.1) is 0 Å². The van der Waals surface area contributed by atoms with Crippen LogP contribution in [0.4, 0.5) is 8.78 Å². The van der Waals surface area contributed by atoms with Crippen LogP contribution in [0.2, 0.25) is 0 Å². The first-order chi connectivity index (χ1) is 13.8. The Labute approximate surface area is 170 Å². The number of rotatable bonds is 5. The van der Waals surface area contributed by atoms with E-state index in [1.165, 1.54) is 24.3 Å². The van der Waals surface area contributed by atoms with Gasteiger partial charge < -0.3 is 4.57 Å².